The van der Waals surface area contributed by atoms with Gasteiger partial charge in [0.15, 0.2) is 23.8 Å². The first kappa shape index (κ1) is 73.1. The third kappa shape index (κ3) is 21.2. The quantitative estimate of drug-likeness (QED) is 0.0924. The smallest absolute Gasteiger partial charge is 0.303 e. The number of ketones is 5. The Morgan fingerprint density at radius 2 is 0.955 bits per heavy atom. The van der Waals surface area contributed by atoms with Crippen LogP contribution in [0.25, 0.3) is 0 Å². The van der Waals surface area contributed by atoms with Crippen LogP contribution in [-0.4, -0.2) is 140 Å². The van der Waals surface area contributed by atoms with Gasteiger partial charge >= 0.3 is 11.9 Å². The summed E-state index contributed by atoms with van der Waals surface area (Å²) >= 11 is 0. The van der Waals surface area contributed by atoms with Crippen molar-refractivity contribution in [2.75, 3.05) is 28.4 Å². The maximum Gasteiger partial charge on any atom is 0.303 e. The van der Waals surface area contributed by atoms with Crippen molar-refractivity contribution in [2.24, 2.45) is 23.7 Å². The molecule has 4 bridgehead atoms. The normalized spacial score (nSPS) is 30.8. The number of nitrogens with one attached hydrogen (secondary N) is 2. The molecule has 2 amide bonds. The second kappa shape index (κ2) is 35.0. The molecule has 1 aromatic rings. The molecule has 0 aromatic heterocycles. The first-order valence-corrected chi connectivity index (χ1v) is 29.7. The van der Waals surface area contributed by atoms with Gasteiger partial charge in [-0.15, -0.1) is 0 Å². The van der Waals surface area contributed by atoms with Crippen molar-refractivity contribution in [1.29, 1.82) is 0 Å². The number of aliphatic hydroxyl groups excluding tert-OH is 2. The van der Waals surface area contributed by atoms with Crippen molar-refractivity contribution in [2.45, 2.75) is 170 Å². The molecule has 4 aliphatic rings. The van der Waals surface area contributed by atoms with E-state index in [4.69, 9.17) is 28.4 Å². The number of aliphatic hydroxyl groups is 2. The number of fused-ring (bicyclic) bond motifs is 4. The number of hydrogen-bond donors (Lipinski definition) is 4. The number of carbonyl (C=O) groups is 9. The van der Waals surface area contributed by atoms with Crippen LogP contribution < -0.4 is 10.6 Å². The number of benzene rings is 1. The standard InChI is InChI=1S/C37H47NO8.C32H43NO9/c1-22-18-29-28(17-16-27-13-9-8-10-14-27)31(40)21-30(35(29)42)38-37(43)23(2)12-11-15-32(44-6)36(46-26(5)39)25(4)20-24(3)34(41)33(19-22)45-7;1-17-12-24-23(15-21(5)34)26(36)16-25(30(24)38)33-32(39)18(2)10-9-11-27(40-7)31(42-22(6)35)20(4)14-19(3)29(37)28(13-17)41-8/h8-15,20-22,24,32-34,36,41H,16-19H2,1-7H3,(H,38,43);9-11,14,16-17,19,27-29,31,37H,12-13,15H2,1-8H3,(H,33,39)/b15-11-,23-12+,25-20+;11-9-,18-10+,20-14+/t22-,24+,32+,33+,34-,36+;17-,19+,27+,28+,29-,31+/m11/s1. The lowest BCUT2D eigenvalue weighted by molar-refractivity contribution is -0.149. The molecule has 5 rings (SSSR count). The number of Topliss-reactive ketones (excluding diaryl/α,β-unsaturated/α-hetero) is 3. The molecule has 2 heterocycles. The van der Waals surface area contributed by atoms with Crippen molar-refractivity contribution in [3.05, 3.63) is 153 Å². The summed E-state index contributed by atoms with van der Waals surface area (Å²) < 4.78 is 33.8. The molecule has 0 saturated heterocycles. The summed E-state index contributed by atoms with van der Waals surface area (Å²) in [7, 11) is 5.95. The molecule has 0 spiro atoms. The van der Waals surface area contributed by atoms with Crippen LogP contribution in [0, 0.1) is 23.7 Å². The van der Waals surface area contributed by atoms with Crippen LogP contribution in [0.15, 0.2) is 147 Å². The fourth-order valence-corrected chi connectivity index (χ4v) is 11.0. The van der Waals surface area contributed by atoms with Crippen molar-refractivity contribution >= 4 is 52.7 Å². The van der Waals surface area contributed by atoms with E-state index in [0.29, 0.717) is 48.0 Å². The summed E-state index contributed by atoms with van der Waals surface area (Å²) in [5.41, 5.74) is 3.74. The van der Waals surface area contributed by atoms with Crippen LogP contribution in [-0.2, 0) is 78.0 Å². The minimum Gasteiger partial charge on any atom is -0.455 e. The van der Waals surface area contributed by atoms with Gasteiger partial charge in [0, 0.05) is 106 Å². The van der Waals surface area contributed by atoms with Crippen molar-refractivity contribution in [3.63, 3.8) is 0 Å². The molecule has 4 N–H and O–H groups in total. The molecule has 12 atom stereocenters. The highest BCUT2D eigenvalue weighted by atomic mass is 16.6. The van der Waals surface area contributed by atoms with Gasteiger partial charge in [-0.2, -0.15) is 0 Å². The SMILES string of the molecule is CO[C@H]1/C=C\C=C(/C)C(=O)NC2=CC(=O)C(CC(C)=O)=C(C[C@@H](C)C[C@H](OC)[C@H](O)[C@@H](C)/C=C(\C)[C@@H]1OC(C)=O)C2=O.CO[C@H]1/C=C\C=C(/C)C(=O)NC2=CC(=O)C(CCc3ccccc3)=C(C[C@@H](C)C[C@H](OC)[C@H](O)[C@@H](C)/C=C(\C)[C@@H]1OC(C)=O)C2=O. The number of hydrogen-bond acceptors (Lipinski definition) is 17. The first-order chi connectivity index (χ1) is 41.5. The highest BCUT2D eigenvalue weighted by Gasteiger charge is 2.36. The van der Waals surface area contributed by atoms with Crippen LogP contribution in [0.3, 0.4) is 0 Å². The van der Waals surface area contributed by atoms with E-state index < -0.39 is 102 Å². The highest BCUT2D eigenvalue weighted by Crippen LogP contribution is 2.33. The van der Waals surface area contributed by atoms with E-state index in [-0.39, 0.29) is 76.4 Å². The van der Waals surface area contributed by atoms with E-state index in [9.17, 15) is 53.4 Å². The van der Waals surface area contributed by atoms with Crippen molar-refractivity contribution in [3.8, 4) is 0 Å². The summed E-state index contributed by atoms with van der Waals surface area (Å²) in [4.78, 5) is 116. The summed E-state index contributed by atoms with van der Waals surface area (Å²) in [6, 6.07) is 9.74. The first-order valence-electron chi connectivity index (χ1n) is 29.7. The second-order valence-electron chi connectivity index (χ2n) is 23.3. The van der Waals surface area contributed by atoms with Gasteiger partial charge in [-0.3, -0.25) is 43.2 Å². The van der Waals surface area contributed by atoms with Gasteiger partial charge in [0.25, 0.3) is 11.8 Å². The Hall–Kier alpha value is -7.39. The number of allylic oxidation sites excluding steroid dienone is 10. The van der Waals surface area contributed by atoms with Crippen LogP contribution >= 0.6 is 0 Å². The number of esters is 2. The van der Waals surface area contributed by atoms with Gasteiger partial charge in [0.05, 0.1) is 35.8 Å². The predicted molar refractivity (Wildman–Crippen MR) is 331 cm³/mol. The van der Waals surface area contributed by atoms with Crippen LogP contribution in [0.1, 0.15) is 120 Å². The molecule has 0 saturated carbocycles. The Balaban J connectivity index is 0.000000378. The molecule has 478 valence electrons. The third-order valence-corrected chi connectivity index (χ3v) is 15.8. The third-order valence-electron chi connectivity index (χ3n) is 15.8. The molecule has 0 fully saturated rings. The molecular weight excluding hydrogens is 1130 g/mol. The molecule has 0 radical (unpaired) electrons. The second-order valence-corrected chi connectivity index (χ2v) is 23.3. The lowest BCUT2D eigenvalue weighted by atomic mass is 9.82. The number of aryl methyl sites for hydroxylation is 1. The zero-order valence-electron chi connectivity index (χ0n) is 53.6. The molecule has 19 nitrogen and oxygen atoms in total. The van der Waals surface area contributed by atoms with Gasteiger partial charge in [0.2, 0.25) is 11.6 Å². The van der Waals surface area contributed by atoms with Gasteiger partial charge < -0.3 is 49.3 Å². The molecule has 0 unspecified atom stereocenters. The predicted octanol–water partition coefficient (Wildman–Crippen LogP) is 8.16. The topological polar surface area (TPSA) is 274 Å². The van der Waals surface area contributed by atoms with Crippen LogP contribution in [0.4, 0.5) is 0 Å². The summed E-state index contributed by atoms with van der Waals surface area (Å²) in [6.07, 6.45) is 11.2. The maximum atomic E-state index is 13.9. The van der Waals surface area contributed by atoms with Gasteiger partial charge in [-0.25, -0.2) is 0 Å². The lowest BCUT2D eigenvalue weighted by Crippen LogP contribution is -2.36. The average Bonchev–Trinajstić information content (AvgIpc) is 3.63. The van der Waals surface area contributed by atoms with Crippen molar-refractivity contribution < 1.29 is 81.8 Å². The molecule has 2 aliphatic heterocycles. The summed E-state index contributed by atoms with van der Waals surface area (Å²) in [6.45, 7) is 18.1. The zero-order valence-corrected chi connectivity index (χ0v) is 53.6. The maximum absolute atomic E-state index is 13.9. The molecule has 19 heteroatoms. The fourth-order valence-electron chi connectivity index (χ4n) is 11.0. The van der Waals surface area contributed by atoms with E-state index in [1.807, 2.05) is 64.1 Å². The van der Waals surface area contributed by atoms with E-state index in [0.717, 1.165) is 11.6 Å². The van der Waals surface area contributed by atoms with Crippen molar-refractivity contribution in [1.82, 2.24) is 10.6 Å². The summed E-state index contributed by atoms with van der Waals surface area (Å²) in [5.74, 6) is -5.36. The largest absolute Gasteiger partial charge is 0.455 e. The highest BCUT2D eigenvalue weighted by molar-refractivity contribution is 6.25. The van der Waals surface area contributed by atoms with E-state index in [1.54, 1.807) is 64.2 Å². The number of rotatable bonds is 11. The Morgan fingerprint density at radius 1 is 0.557 bits per heavy atom. The zero-order chi connectivity index (χ0) is 65.7. The minimum absolute atomic E-state index is 0.0724. The van der Waals surface area contributed by atoms with Gasteiger partial charge in [-0.1, -0.05) is 107 Å². The Labute approximate surface area is 517 Å². The average molecular weight is 1220 g/mol. The van der Waals surface area contributed by atoms with Crippen LogP contribution in [0.2, 0.25) is 0 Å². The van der Waals surface area contributed by atoms with E-state index >= 15 is 0 Å². The molecule has 2 aliphatic carbocycles. The Morgan fingerprint density at radius 3 is 1.33 bits per heavy atom. The summed E-state index contributed by atoms with van der Waals surface area (Å²) in [5, 5.41) is 27.8. The number of carbonyl (C=O) groups excluding carboxylic acids is 9. The van der Waals surface area contributed by atoms with Gasteiger partial charge in [0.1, 0.15) is 18.0 Å². The molecule has 88 heavy (non-hydrogen) atoms. The fraction of sp³-hybridized carbons (Fsp3) is 0.493. The number of amides is 2. The Bertz CT molecular complexity index is 3080. The minimum atomic E-state index is -0.960. The molecular formula is C69H90N2O17. The number of ether oxygens (including phenoxy) is 6. The van der Waals surface area contributed by atoms with Gasteiger partial charge in [-0.05, 0) is 102 Å². The Kier molecular flexibility index (Phi) is 29.0. The monoisotopic (exact) mass is 1220 g/mol. The van der Waals surface area contributed by atoms with E-state index in [1.165, 1.54) is 61.4 Å². The van der Waals surface area contributed by atoms with E-state index in [2.05, 4.69) is 10.6 Å². The molecule has 1 aromatic carbocycles. The lowest BCUT2D eigenvalue weighted by Gasteiger charge is -2.30. The number of methoxy groups -OCH3 is 4. The van der Waals surface area contributed by atoms with Crippen LogP contribution in [0.5, 0.6) is 0 Å².